The van der Waals surface area contributed by atoms with Crippen LogP contribution in [0, 0.1) is 5.82 Å². The van der Waals surface area contributed by atoms with Gasteiger partial charge in [0.1, 0.15) is 30.1 Å². The maximum absolute atomic E-state index is 14.8. The molecule has 3 aromatic rings. The van der Waals surface area contributed by atoms with Gasteiger partial charge in [0.2, 0.25) is 5.91 Å². The monoisotopic (exact) mass is 517 g/mol. The van der Waals surface area contributed by atoms with Crippen LogP contribution in [0.1, 0.15) is 35.3 Å². The molecule has 1 saturated heterocycles. The van der Waals surface area contributed by atoms with E-state index >= 15 is 0 Å². The maximum Gasteiger partial charge on any atom is 0.419 e. The molecule has 6 nitrogen and oxygen atoms in total. The molecule has 1 atom stereocenters. The summed E-state index contributed by atoms with van der Waals surface area (Å²) in [6, 6.07) is 11.3. The van der Waals surface area contributed by atoms with Crippen molar-refractivity contribution in [3.8, 4) is 0 Å². The molecular formula is C26H24F5N5O. The summed E-state index contributed by atoms with van der Waals surface area (Å²) in [5.74, 6) is -1.22. The first kappa shape index (κ1) is 25.1. The van der Waals surface area contributed by atoms with Crippen LogP contribution in [0.3, 0.4) is 0 Å². The van der Waals surface area contributed by atoms with E-state index in [-0.39, 0.29) is 37.6 Å². The highest BCUT2D eigenvalue weighted by Gasteiger charge is 2.57. The lowest BCUT2D eigenvalue weighted by Gasteiger charge is -2.52. The molecule has 0 aliphatic carbocycles. The molecule has 5 rings (SSSR count). The molecule has 2 aliphatic heterocycles. The summed E-state index contributed by atoms with van der Waals surface area (Å²) in [5.41, 5.74) is -0.776. The van der Waals surface area contributed by atoms with Gasteiger partial charge in [-0.05, 0) is 25.1 Å². The van der Waals surface area contributed by atoms with E-state index in [9.17, 15) is 26.7 Å². The zero-order valence-corrected chi connectivity index (χ0v) is 19.9. The lowest BCUT2D eigenvalue weighted by molar-refractivity contribution is -0.140. The number of halogens is 5. The van der Waals surface area contributed by atoms with Crippen molar-refractivity contribution >= 4 is 17.4 Å². The van der Waals surface area contributed by atoms with Crippen LogP contribution in [0.4, 0.5) is 33.5 Å². The fourth-order valence-electron chi connectivity index (χ4n) is 5.17. The number of carbonyl (C=O) groups excluding carboxylic acids is 1. The maximum atomic E-state index is 14.8. The Bertz CT molecular complexity index is 1310. The Morgan fingerprint density at radius 3 is 2.49 bits per heavy atom. The second-order valence-corrected chi connectivity index (χ2v) is 9.33. The van der Waals surface area contributed by atoms with E-state index < -0.39 is 35.7 Å². The number of aromatic nitrogens is 2. The Balaban J connectivity index is 1.54. The van der Waals surface area contributed by atoms with Gasteiger partial charge in [0, 0.05) is 36.4 Å². The van der Waals surface area contributed by atoms with Crippen molar-refractivity contribution in [3.63, 3.8) is 0 Å². The largest absolute Gasteiger partial charge is 0.419 e. The molecule has 1 amide bonds. The molecule has 0 saturated carbocycles. The molecule has 1 N–H and O–H groups in total. The molecule has 1 aromatic heterocycles. The smallest absolute Gasteiger partial charge is 0.363 e. The first-order valence-corrected chi connectivity index (χ1v) is 11.8. The third-order valence-corrected chi connectivity index (χ3v) is 6.98. The van der Waals surface area contributed by atoms with Gasteiger partial charge in [-0.1, -0.05) is 30.3 Å². The second kappa shape index (κ2) is 9.37. The number of likely N-dealkylation sites (tertiary alicyclic amines) is 1. The number of amides is 1. The van der Waals surface area contributed by atoms with Gasteiger partial charge in [0.25, 0.3) is 0 Å². The molecule has 0 bridgehead atoms. The number of alkyl halides is 4. The number of hydrogen-bond acceptors (Lipinski definition) is 5. The number of hydrogen-bond donors (Lipinski definition) is 1. The number of nitrogens with one attached hydrogen (secondary N) is 1. The molecular weight excluding hydrogens is 493 g/mol. The summed E-state index contributed by atoms with van der Waals surface area (Å²) in [5, 5.41) is 3.04. The van der Waals surface area contributed by atoms with E-state index in [4.69, 9.17) is 0 Å². The standard InChI is InChI=1S/C26H24F5N5O/c1-16(18-8-5-9-20(21(18)28)26(29,30)31)34-23-19-12-36(17-6-3-2-4-7-17)24(37)25(22(19)32-15-33-23)13-35(14-25)11-10-27/h2-9,15-16H,10-14H2,1H3,(H,32,33,34)/t16-/m1/s1. The van der Waals surface area contributed by atoms with Gasteiger partial charge in [0.05, 0.1) is 23.8 Å². The van der Waals surface area contributed by atoms with Gasteiger partial charge >= 0.3 is 6.18 Å². The average Bonchev–Trinajstić information content (AvgIpc) is 2.84. The van der Waals surface area contributed by atoms with Crippen LogP contribution in [0.25, 0.3) is 0 Å². The van der Waals surface area contributed by atoms with Crippen molar-refractivity contribution in [1.82, 2.24) is 14.9 Å². The van der Waals surface area contributed by atoms with Crippen LogP contribution in [-0.4, -0.2) is 47.1 Å². The molecule has 37 heavy (non-hydrogen) atoms. The molecule has 3 heterocycles. The summed E-state index contributed by atoms with van der Waals surface area (Å²) >= 11 is 0. The summed E-state index contributed by atoms with van der Waals surface area (Å²) in [7, 11) is 0. The third-order valence-electron chi connectivity index (χ3n) is 6.98. The Hall–Kier alpha value is -3.60. The zero-order valence-electron chi connectivity index (χ0n) is 19.9. The van der Waals surface area contributed by atoms with Crippen molar-refractivity contribution < 1.29 is 26.7 Å². The molecule has 2 aromatic carbocycles. The van der Waals surface area contributed by atoms with Gasteiger partial charge in [-0.3, -0.25) is 9.69 Å². The minimum absolute atomic E-state index is 0.115. The minimum Gasteiger partial charge on any atom is -0.363 e. The van der Waals surface area contributed by atoms with Crippen LogP contribution in [0.5, 0.6) is 0 Å². The number of carbonyl (C=O) groups is 1. The first-order chi connectivity index (χ1) is 17.7. The summed E-state index contributed by atoms with van der Waals surface area (Å²) in [6.45, 7) is 1.86. The SMILES string of the molecule is C[C@@H](Nc1ncnc2c1CN(c1ccccc1)C(=O)C21CN(CCF)C1)c1cccc(C(F)(F)F)c1F. The Labute approximate surface area is 210 Å². The number of para-hydroxylation sites is 1. The van der Waals surface area contributed by atoms with E-state index in [1.165, 1.54) is 19.3 Å². The topological polar surface area (TPSA) is 61.4 Å². The van der Waals surface area contributed by atoms with Crippen LogP contribution < -0.4 is 10.2 Å². The Kier molecular flexibility index (Phi) is 6.35. The number of benzene rings is 2. The van der Waals surface area contributed by atoms with Crippen molar-refractivity contribution in [3.05, 3.63) is 83.1 Å². The van der Waals surface area contributed by atoms with E-state index in [0.717, 1.165) is 6.07 Å². The molecule has 1 spiro atoms. The predicted molar refractivity (Wildman–Crippen MR) is 127 cm³/mol. The highest BCUT2D eigenvalue weighted by atomic mass is 19.4. The van der Waals surface area contributed by atoms with E-state index in [0.29, 0.717) is 28.8 Å². The summed E-state index contributed by atoms with van der Waals surface area (Å²) in [6.07, 6.45) is -3.55. The van der Waals surface area contributed by atoms with Crippen molar-refractivity contribution in [1.29, 1.82) is 0 Å². The van der Waals surface area contributed by atoms with Gasteiger partial charge in [-0.15, -0.1) is 0 Å². The number of nitrogens with zero attached hydrogens (tertiary/aromatic N) is 4. The molecule has 0 unspecified atom stereocenters. The van der Waals surface area contributed by atoms with E-state index in [2.05, 4.69) is 15.3 Å². The fraction of sp³-hybridized carbons (Fsp3) is 0.346. The molecule has 0 radical (unpaired) electrons. The van der Waals surface area contributed by atoms with Gasteiger partial charge in [-0.2, -0.15) is 13.2 Å². The highest BCUT2D eigenvalue weighted by molar-refractivity contribution is 6.04. The first-order valence-electron chi connectivity index (χ1n) is 11.8. The normalized spacial score (nSPS) is 17.9. The molecule has 194 valence electrons. The van der Waals surface area contributed by atoms with E-state index in [1.54, 1.807) is 29.2 Å². The quantitative estimate of drug-likeness (QED) is 0.473. The Morgan fingerprint density at radius 1 is 1.08 bits per heavy atom. The van der Waals surface area contributed by atoms with Crippen molar-refractivity contribution in [2.24, 2.45) is 0 Å². The van der Waals surface area contributed by atoms with Crippen molar-refractivity contribution in [2.75, 3.05) is 36.5 Å². The van der Waals surface area contributed by atoms with Crippen LogP contribution in [0.15, 0.2) is 54.9 Å². The zero-order chi connectivity index (χ0) is 26.4. The second-order valence-electron chi connectivity index (χ2n) is 9.33. The lowest BCUT2D eigenvalue weighted by atomic mass is 9.71. The fourth-order valence-corrected chi connectivity index (χ4v) is 5.17. The lowest BCUT2D eigenvalue weighted by Crippen LogP contribution is -2.69. The average molecular weight is 518 g/mol. The molecule has 1 fully saturated rings. The number of rotatable bonds is 6. The molecule has 11 heteroatoms. The third kappa shape index (κ3) is 4.30. The highest BCUT2D eigenvalue weighted by Crippen LogP contribution is 2.44. The number of anilines is 2. The van der Waals surface area contributed by atoms with Crippen LogP contribution in [-0.2, 0) is 22.9 Å². The van der Waals surface area contributed by atoms with E-state index in [1.807, 2.05) is 11.0 Å². The summed E-state index contributed by atoms with van der Waals surface area (Å²) < 4.78 is 67.6. The Morgan fingerprint density at radius 2 is 1.81 bits per heavy atom. The number of fused-ring (bicyclic) bond motifs is 2. The van der Waals surface area contributed by atoms with Gasteiger partial charge in [0.15, 0.2) is 0 Å². The van der Waals surface area contributed by atoms with Crippen molar-refractivity contribution in [2.45, 2.75) is 31.1 Å². The predicted octanol–water partition coefficient (Wildman–Crippen LogP) is 4.88. The van der Waals surface area contributed by atoms with Gasteiger partial charge < -0.3 is 10.2 Å². The van der Waals surface area contributed by atoms with Crippen LogP contribution >= 0.6 is 0 Å². The van der Waals surface area contributed by atoms with Crippen LogP contribution in [0.2, 0.25) is 0 Å². The summed E-state index contributed by atoms with van der Waals surface area (Å²) in [4.78, 5) is 25.9. The minimum atomic E-state index is -4.83. The molecule has 2 aliphatic rings. The van der Waals surface area contributed by atoms with Gasteiger partial charge in [-0.25, -0.2) is 18.7 Å².